The van der Waals surface area contributed by atoms with Gasteiger partial charge in [-0.25, -0.2) is 12.7 Å². The standard InChI is InChI=1S/C11H16N2O5S/c1-7-4-13(5-10(7)11(14)15)19(16,17)6-9-3-8(2)18-12-9/h3,7,10H,4-6H2,1-2H3,(H,14,15). The molecular formula is C11H16N2O5S. The summed E-state index contributed by atoms with van der Waals surface area (Å²) in [7, 11) is -3.55. The highest BCUT2D eigenvalue weighted by atomic mass is 32.2. The van der Waals surface area contributed by atoms with Gasteiger partial charge >= 0.3 is 5.97 Å². The normalized spacial score (nSPS) is 24.7. The Hall–Kier alpha value is -1.41. The number of hydrogen-bond acceptors (Lipinski definition) is 5. The van der Waals surface area contributed by atoms with Gasteiger partial charge in [0.05, 0.1) is 5.92 Å². The molecule has 1 saturated heterocycles. The van der Waals surface area contributed by atoms with Crippen LogP contribution in [0.1, 0.15) is 18.4 Å². The Labute approximate surface area is 111 Å². The summed E-state index contributed by atoms with van der Waals surface area (Å²) in [5.74, 6) is -1.50. The summed E-state index contributed by atoms with van der Waals surface area (Å²) < 4.78 is 30.4. The fraction of sp³-hybridized carbons (Fsp3) is 0.636. The van der Waals surface area contributed by atoms with E-state index in [1.807, 2.05) is 0 Å². The molecule has 1 N–H and O–H groups in total. The highest BCUT2D eigenvalue weighted by molar-refractivity contribution is 7.88. The van der Waals surface area contributed by atoms with E-state index in [1.165, 1.54) is 4.31 Å². The van der Waals surface area contributed by atoms with Crippen molar-refractivity contribution in [3.63, 3.8) is 0 Å². The van der Waals surface area contributed by atoms with Crippen LogP contribution in [0.2, 0.25) is 0 Å². The number of carbonyl (C=O) groups is 1. The lowest BCUT2D eigenvalue weighted by atomic mass is 9.99. The van der Waals surface area contributed by atoms with Gasteiger partial charge in [-0.15, -0.1) is 0 Å². The molecule has 0 radical (unpaired) electrons. The first-order valence-electron chi connectivity index (χ1n) is 5.92. The number of nitrogens with zero attached hydrogens (tertiary/aromatic N) is 2. The summed E-state index contributed by atoms with van der Waals surface area (Å²) in [6.45, 7) is 3.68. The molecule has 1 aliphatic rings. The Balaban J connectivity index is 2.11. The zero-order valence-electron chi connectivity index (χ0n) is 10.7. The van der Waals surface area contributed by atoms with Crippen molar-refractivity contribution in [3.05, 3.63) is 17.5 Å². The van der Waals surface area contributed by atoms with Crippen LogP contribution in [0, 0.1) is 18.8 Å². The van der Waals surface area contributed by atoms with Gasteiger partial charge in [0.1, 0.15) is 17.2 Å². The van der Waals surface area contributed by atoms with Crippen LogP contribution >= 0.6 is 0 Å². The fourth-order valence-electron chi connectivity index (χ4n) is 2.24. The topological polar surface area (TPSA) is 101 Å². The summed E-state index contributed by atoms with van der Waals surface area (Å²) in [6.07, 6.45) is 0. The lowest BCUT2D eigenvalue weighted by Gasteiger charge is -2.14. The van der Waals surface area contributed by atoms with E-state index in [4.69, 9.17) is 9.63 Å². The molecule has 1 aliphatic heterocycles. The van der Waals surface area contributed by atoms with Crippen LogP contribution in [0.3, 0.4) is 0 Å². The van der Waals surface area contributed by atoms with Crippen LogP contribution in [0.5, 0.6) is 0 Å². The minimum Gasteiger partial charge on any atom is -0.481 e. The summed E-state index contributed by atoms with van der Waals surface area (Å²) in [6, 6.07) is 1.56. The number of carboxylic acid groups (broad SMARTS) is 1. The maximum absolute atomic E-state index is 12.2. The van der Waals surface area contributed by atoms with Crippen molar-refractivity contribution in [1.29, 1.82) is 0 Å². The van der Waals surface area contributed by atoms with E-state index in [9.17, 15) is 13.2 Å². The average molecular weight is 288 g/mol. The molecule has 2 atom stereocenters. The van der Waals surface area contributed by atoms with E-state index in [1.54, 1.807) is 19.9 Å². The molecule has 2 unspecified atom stereocenters. The van der Waals surface area contributed by atoms with E-state index in [0.29, 0.717) is 11.5 Å². The van der Waals surface area contributed by atoms with E-state index in [2.05, 4.69) is 5.16 Å². The lowest BCUT2D eigenvalue weighted by Crippen LogP contribution is -2.31. The Morgan fingerprint density at radius 2 is 2.26 bits per heavy atom. The van der Waals surface area contributed by atoms with E-state index in [0.717, 1.165) is 0 Å². The second kappa shape index (κ2) is 4.93. The number of hydrogen-bond donors (Lipinski definition) is 1. The summed E-state index contributed by atoms with van der Waals surface area (Å²) in [5, 5.41) is 12.7. The summed E-state index contributed by atoms with van der Waals surface area (Å²) >= 11 is 0. The monoisotopic (exact) mass is 288 g/mol. The first-order valence-corrected chi connectivity index (χ1v) is 7.53. The number of carboxylic acids is 1. The number of aliphatic carboxylic acids is 1. The van der Waals surface area contributed by atoms with Crippen molar-refractivity contribution in [2.45, 2.75) is 19.6 Å². The van der Waals surface area contributed by atoms with Gasteiger partial charge in [-0.3, -0.25) is 4.79 Å². The van der Waals surface area contributed by atoms with Crippen molar-refractivity contribution < 1.29 is 22.8 Å². The van der Waals surface area contributed by atoms with Gasteiger partial charge in [-0.2, -0.15) is 0 Å². The van der Waals surface area contributed by atoms with Gasteiger partial charge in [-0.05, 0) is 12.8 Å². The molecule has 8 heteroatoms. The van der Waals surface area contributed by atoms with E-state index >= 15 is 0 Å². The van der Waals surface area contributed by atoms with Gasteiger partial charge < -0.3 is 9.63 Å². The van der Waals surface area contributed by atoms with Gasteiger partial charge in [0.15, 0.2) is 0 Å². The third kappa shape index (κ3) is 2.95. The third-order valence-electron chi connectivity index (χ3n) is 3.30. The average Bonchev–Trinajstić information content (AvgIpc) is 2.84. The van der Waals surface area contributed by atoms with Crippen LogP contribution in [-0.2, 0) is 20.6 Å². The van der Waals surface area contributed by atoms with Crippen LogP contribution in [0.25, 0.3) is 0 Å². The Morgan fingerprint density at radius 3 is 2.74 bits per heavy atom. The van der Waals surface area contributed by atoms with Gasteiger partial charge in [0.25, 0.3) is 0 Å². The first kappa shape index (κ1) is 14.0. The SMILES string of the molecule is Cc1cc(CS(=O)(=O)N2CC(C)C(C(=O)O)C2)no1. The largest absolute Gasteiger partial charge is 0.481 e. The van der Waals surface area contributed by atoms with Gasteiger partial charge in [0.2, 0.25) is 10.0 Å². The molecular weight excluding hydrogens is 272 g/mol. The van der Waals surface area contributed by atoms with Gasteiger partial charge in [0, 0.05) is 19.2 Å². The summed E-state index contributed by atoms with van der Waals surface area (Å²) in [4.78, 5) is 11.0. The fourth-order valence-corrected chi connectivity index (χ4v) is 3.78. The predicted molar refractivity (Wildman–Crippen MR) is 65.7 cm³/mol. The number of sulfonamides is 1. The second-order valence-corrected chi connectivity index (χ2v) is 6.89. The second-order valence-electron chi connectivity index (χ2n) is 4.92. The molecule has 0 saturated carbocycles. The number of rotatable bonds is 4. The maximum Gasteiger partial charge on any atom is 0.308 e. The van der Waals surface area contributed by atoms with Crippen molar-refractivity contribution in [3.8, 4) is 0 Å². The van der Waals surface area contributed by atoms with Crippen LogP contribution in [-0.4, -0.2) is 42.0 Å². The molecule has 0 aliphatic carbocycles. The number of aryl methyl sites for hydroxylation is 1. The molecule has 19 heavy (non-hydrogen) atoms. The van der Waals surface area contributed by atoms with Crippen molar-refractivity contribution in [2.75, 3.05) is 13.1 Å². The molecule has 0 amide bonds. The Kier molecular flexibility index (Phi) is 3.64. The smallest absolute Gasteiger partial charge is 0.308 e. The molecule has 7 nitrogen and oxygen atoms in total. The Morgan fingerprint density at radius 1 is 1.58 bits per heavy atom. The Bertz CT molecular complexity index is 580. The molecule has 1 aromatic rings. The third-order valence-corrected chi connectivity index (χ3v) is 5.04. The van der Waals surface area contributed by atoms with E-state index < -0.39 is 21.9 Å². The maximum atomic E-state index is 12.2. The molecule has 2 heterocycles. The van der Waals surface area contributed by atoms with Crippen molar-refractivity contribution >= 4 is 16.0 Å². The molecule has 106 valence electrons. The highest BCUT2D eigenvalue weighted by Gasteiger charge is 2.40. The van der Waals surface area contributed by atoms with Crippen LogP contribution < -0.4 is 0 Å². The van der Waals surface area contributed by atoms with Crippen LogP contribution in [0.4, 0.5) is 0 Å². The predicted octanol–water partition coefficient (Wildman–Crippen LogP) is 0.465. The molecule has 0 aromatic carbocycles. The molecule has 0 spiro atoms. The van der Waals surface area contributed by atoms with Crippen molar-refractivity contribution in [2.24, 2.45) is 11.8 Å². The zero-order chi connectivity index (χ0) is 14.2. The molecule has 0 bridgehead atoms. The molecule has 2 rings (SSSR count). The highest BCUT2D eigenvalue weighted by Crippen LogP contribution is 2.26. The summed E-state index contributed by atoms with van der Waals surface area (Å²) in [5.41, 5.74) is 0.337. The van der Waals surface area contributed by atoms with Crippen LogP contribution in [0.15, 0.2) is 10.6 Å². The molecule has 1 aromatic heterocycles. The molecule has 1 fully saturated rings. The quantitative estimate of drug-likeness (QED) is 0.864. The van der Waals surface area contributed by atoms with Gasteiger partial charge in [-0.1, -0.05) is 12.1 Å². The first-order chi connectivity index (χ1) is 8.79. The number of aromatic nitrogens is 1. The zero-order valence-corrected chi connectivity index (χ0v) is 11.6. The minimum atomic E-state index is -3.55. The van der Waals surface area contributed by atoms with Crippen molar-refractivity contribution in [1.82, 2.24) is 9.46 Å². The lowest BCUT2D eigenvalue weighted by molar-refractivity contribution is -0.142. The minimum absolute atomic E-state index is 0.0235. The van der Waals surface area contributed by atoms with E-state index in [-0.39, 0.29) is 24.8 Å².